The van der Waals surface area contributed by atoms with Crippen LogP contribution in [0.1, 0.15) is 83.1 Å². The van der Waals surface area contributed by atoms with Gasteiger partial charge >= 0.3 is 5.97 Å². The third-order valence-corrected chi connectivity index (χ3v) is 4.90. The molecule has 0 aliphatic carbocycles. The molecule has 3 heteroatoms. The van der Waals surface area contributed by atoms with Gasteiger partial charge in [-0.1, -0.05) is 94.9 Å². The standard InChI is InChI=1S/C21H33ClO2/c1-2-3-4-5-6-7-8-9-10-11-12-19(21(23)24)17-18-13-15-20(22)16-14-18/h13-16,19H,2-12,17H2,1H3,(H,23,24). The largest absolute Gasteiger partial charge is 0.481 e. The summed E-state index contributed by atoms with van der Waals surface area (Å²) in [6, 6.07) is 7.51. The Morgan fingerprint density at radius 1 is 0.917 bits per heavy atom. The van der Waals surface area contributed by atoms with Crippen LogP contribution in [0, 0.1) is 5.92 Å². The fourth-order valence-electron chi connectivity index (χ4n) is 3.10. The summed E-state index contributed by atoms with van der Waals surface area (Å²) < 4.78 is 0. The first-order chi connectivity index (χ1) is 11.6. The van der Waals surface area contributed by atoms with Gasteiger partial charge in [-0.3, -0.25) is 4.79 Å². The van der Waals surface area contributed by atoms with Gasteiger partial charge in [-0.05, 0) is 30.5 Å². The summed E-state index contributed by atoms with van der Waals surface area (Å²) in [6.45, 7) is 2.25. The molecular weight excluding hydrogens is 320 g/mol. The number of carbonyl (C=O) groups is 1. The molecule has 0 aliphatic heterocycles. The summed E-state index contributed by atoms with van der Waals surface area (Å²) in [5.41, 5.74) is 1.05. The van der Waals surface area contributed by atoms with E-state index in [0.717, 1.165) is 24.8 Å². The summed E-state index contributed by atoms with van der Waals surface area (Å²) in [7, 11) is 0. The van der Waals surface area contributed by atoms with Gasteiger partial charge in [0.05, 0.1) is 5.92 Å². The van der Waals surface area contributed by atoms with Crippen LogP contribution >= 0.6 is 11.6 Å². The Morgan fingerprint density at radius 2 is 1.42 bits per heavy atom. The lowest BCUT2D eigenvalue weighted by Crippen LogP contribution is -2.16. The average Bonchev–Trinajstić information content (AvgIpc) is 2.57. The molecule has 0 bridgehead atoms. The first kappa shape index (κ1) is 21.0. The number of rotatable bonds is 14. The Bertz CT molecular complexity index is 442. The minimum absolute atomic E-state index is 0.278. The summed E-state index contributed by atoms with van der Waals surface area (Å²) in [5, 5.41) is 10.1. The van der Waals surface area contributed by atoms with E-state index in [4.69, 9.17) is 11.6 Å². The fraction of sp³-hybridized carbons (Fsp3) is 0.667. The van der Waals surface area contributed by atoms with Crippen molar-refractivity contribution in [3.8, 4) is 0 Å². The normalized spacial score (nSPS) is 12.2. The summed E-state index contributed by atoms with van der Waals surface area (Å²) in [4.78, 5) is 11.4. The molecule has 1 aromatic rings. The molecule has 136 valence electrons. The highest BCUT2D eigenvalue weighted by Crippen LogP contribution is 2.19. The number of carboxylic acid groups (broad SMARTS) is 1. The van der Waals surface area contributed by atoms with Crippen molar-refractivity contribution < 1.29 is 9.90 Å². The highest BCUT2D eigenvalue weighted by atomic mass is 35.5. The highest BCUT2D eigenvalue weighted by molar-refractivity contribution is 6.30. The van der Waals surface area contributed by atoms with Crippen LogP contribution in [-0.4, -0.2) is 11.1 Å². The Balaban J connectivity index is 2.11. The van der Waals surface area contributed by atoms with Gasteiger partial charge < -0.3 is 5.11 Å². The van der Waals surface area contributed by atoms with Crippen molar-refractivity contribution in [2.75, 3.05) is 0 Å². The minimum atomic E-state index is -0.680. The number of unbranched alkanes of at least 4 members (excludes halogenated alkanes) is 9. The molecule has 1 unspecified atom stereocenters. The van der Waals surface area contributed by atoms with Crippen LogP contribution in [0.25, 0.3) is 0 Å². The maximum atomic E-state index is 11.4. The second-order valence-electron chi connectivity index (χ2n) is 6.84. The third-order valence-electron chi connectivity index (χ3n) is 4.65. The number of aliphatic carboxylic acids is 1. The molecule has 0 amide bonds. The van der Waals surface area contributed by atoms with Crippen LogP contribution < -0.4 is 0 Å². The van der Waals surface area contributed by atoms with E-state index >= 15 is 0 Å². The number of carboxylic acids is 1. The Kier molecular flexibility index (Phi) is 11.6. The third kappa shape index (κ3) is 9.97. The number of halogens is 1. The van der Waals surface area contributed by atoms with Crippen molar-refractivity contribution in [1.82, 2.24) is 0 Å². The van der Waals surface area contributed by atoms with Crippen LogP contribution in [0.4, 0.5) is 0 Å². The molecule has 1 rings (SSSR count). The van der Waals surface area contributed by atoms with E-state index in [0.29, 0.717) is 11.4 Å². The lowest BCUT2D eigenvalue weighted by atomic mass is 9.93. The van der Waals surface area contributed by atoms with Gasteiger partial charge in [0.1, 0.15) is 0 Å². The van der Waals surface area contributed by atoms with Gasteiger partial charge in [0.15, 0.2) is 0 Å². The van der Waals surface area contributed by atoms with Crippen molar-refractivity contribution in [2.45, 2.75) is 84.0 Å². The van der Waals surface area contributed by atoms with Crippen molar-refractivity contribution in [1.29, 1.82) is 0 Å². The van der Waals surface area contributed by atoms with E-state index in [2.05, 4.69) is 6.92 Å². The molecule has 0 spiro atoms. The number of hydrogen-bond acceptors (Lipinski definition) is 1. The van der Waals surface area contributed by atoms with E-state index in [1.54, 1.807) is 0 Å². The van der Waals surface area contributed by atoms with Crippen LogP contribution in [0.5, 0.6) is 0 Å². The zero-order chi connectivity index (χ0) is 17.6. The highest BCUT2D eigenvalue weighted by Gasteiger charge is 2.17. The van der Waals surface area contributed by atoms with Crippen LogP contribution in [0.2, 0.25) is 5.02 Å². The topological polar surface area (TPSA) is 37.3 Å². The molecule has 0 radical (unpaired) electrons. The van der Waals surface area contributed by atoms with Crippen molar-refractivity contribution in [2.24, 2.45) is 5.92 Å². The Hall–Kier alpha value is -1.02. The minimum Gasteiger partial charge on any atom is -0.481 e. The molecule has 0 heterocycles. The van der Waals surface area contributed by atoms with Crippen molar-refractivity contribution in [3.63, 3.8) is 0 Å². The van der Waals surface area contributed by atoms with Crippen LogP contribution in [0.3, 0.4) is 0 Å². The molecular formula is C21H33ClO2. The predicted molar refractivity (Wildman–Crippen MR) is 103 cm³/mol. The zero-order valence-electron chi connectivity index (χ0n) is 15.1. The van der Waals surface area contributed by atoms with E-state index in [-0.39, 0.29) is 5.92 Å². The van der Waals surface area contributed by atoms with Gasteiger partial charge in [0.25, 0.3) is 0 Å². The van der Waals surface area contributed by atoms with E-state index in [1.165, 1.54) is 51.4 Å². The first-order valence-electron chi connectivity index (χ1n) is 9.60. The van der Waals surface area contributed by atoms with E-state index in [9.17, 15) is 9.90 Å². The molecule has 1 atom stereocenters. The van der Waals surface area contributed by atoms with Gasteiger partial charge in [-0.15, -0.1) is 0 Å². The zero-order valence-corrected chi connectivity index (χ0v) is 15.9. The smallest absolute Gasteiger partial charge is 0.306 e. The van der Waals surface area contributed by atoms with Crippen molar-refractivity contribution in [3.05, 3.63) is 34.9 Å². The lowest BCUT2D eigenvalue weighted by Gasteiger charge is -2.12. The average molecular weight is 353 g/mol. The SMILES string of the molecule is CCCCCCCCCCCCC(Cc1ccc(Cl)cc1)C(=O)O. The monoisotopic (exact) mass is 352 g/mol. The molecule has 0 saturated carbocycles. The fourth-order valence-corrected chi connectivity index (χ4v) is 3.22. The van der Waals surface area contributed by atoms with Gasteiger partial charge in [0, 0.05) is 5.02 Å². The molecule has 0 fully saturated rings. The van der Waals surface area contributed by atoms with Crippen LogP contribution in [-0.2, 0) is 11.2 Å². The van der Waals surface area contributed by atoms with Crippen molar-refractivity contribution >= 4 is 17.6 Å². The molecule has 1 aromatic carbocycles. The summed E-state index contributed by atoms with van der Waals surface area (Å²) in [6.07, 6.45) is 14.2. The second kappa shape index (κ2) is 13.3. The Morgan fingerprint density at radius 3 is 1.92 bits per heavy atom. The molecule has 0 aliphatic rings. The summed E-state index contributed by atoms with van der Waals surface area (Å²) in [5.74, 6) is -0.957. The van der Waals surface area contributed by atoms with Crippen LogP contribution in [0.15, 0.2) is 24.3 Å². The second-order valence-corrected chi connectivity index (χ2v) is 7.27. The van der Waals surface area contributed by atoms with E-state index < -0.39 is 5.97 Å². The first-order valence-corrected chi connectivity index (χ1v) is 9.98. The molecule has 0 aromatic heterocycles. The molecule has 2 nitrogen and oxygen atoms in total. The number of hydrogen-bond donors (Lipinski definition) is 1. The van der Waals surface area contributed by atoms with Gasteiger partial charge in [-0.2, -0.15) is 0 Å². The van der Waals surface area contributed by atoms with E-state index in [1.807, 2.05) is 24.3 Å². The molecule has 1 N–H and O–H groups in total. The maximum Gasteiger partial charge on any atom is 0.306 e. The number of benzene rings is 1. The molecule has 0 saturated heterocycles. The Labute approximate surface area is 152 Å². The summed E-state index contributed by atoms with van der Waals surface area (Å²) >= 11 is 5.87. The van der Waals surface area contributed by atoms with Gasteiger partial charge in [-0.25, -0.2) is 0 Å². The quantitative estimate of drug-likeness (QED) is 0.370. The molecule has 24 heavy (non-hydrogen) atoms. The predicted octanol–water partition coefficient (Wildman–Crippen LogP) is 6.89. The maximum absolute atomic E-state index is 11.4. The lowest BCUT2D eigenvalue weighted by molar-refractivity contribution is -0.142. The van der Waals surface area contributed by atoms with Gasteiger partial charge in [0.2, 0.25) is 0 Å².